The number of hydrogen-bond donors (Lipinski definition) is 0. The van der Waals surface area contributed by atoms with Crippen molar-refractivity contribution in [1.82, 2.24) is 4.98 Å². The number of ether oxygens (including phenoxy) is 2. The molecule has 8 heteroatoms. The molecule has 36 heavy (non-hydrogen) atoms. The van der Waals surface area contributed by atoms with Crippen LogP contribution in [0.15, 0.2) is 87.0 Å². The second-order valence-electron chi connectivity index (χ2n) is 7.91. The van der Waals surface area contributed by atoms with E-state index in [1.807, 2.05) is 61.5 Å². The molecule has 0 spiro atoms. The van der Waals surface area contributed by atoms with Crippen LogP contribution in [0.1, 0.15) is 42.5 Å². The van der Waals surface area contributed by atoms with E-state index in [4.69, 9.17) is 23.1 Å². The molecule has 0 saturated heterocycles. The van der Waals surface area contributed by atoms with Crippen molar-refractivity contribution >= 4 is 11.7 Å². The van der Waals surface area contributed by atoms with E-state index in [9.17, 15) is 4.79 Å². The standard InChI is InChI=1S/C28H28N2O6/c1-3-32-27(31)16-15-24(26-10-7-17-33-26)30-35-18-21-11-13-23(14-12-21)34-19-25-20(2)36-28(29-25)22-8-5-4-6-9-22/h4-14,17H,3,15-16,18-19H2,1-2H3/b30-24-. The van der Waals surface area contributed by atoms with Crippen LogP contribution in [0.3, 0.4) is 0 Å². The molecule has 0 N–H and O–H groups in total. The Kier molecular flexibility index (Phi) is 8.53. The van der Waals surface area contributed by atoms with Gasteiger partial charge in [-0.1, -0.05) is 35.5 Å². The van der Waals surface area contributed by atoms with E-state index < -0.39 is 0 Å². The summed E-state index contributed by atoms with van der Waals surface area (Å²) in [6.45, 7) is 4.55. The molecule has 0 fully saturated rings. The zero-order chi connectivity index (χ0) is 25.2. The second-order valence-corrected chi connectivity index (χ2v) is 7.91. The average Bonchev–Trinajstić information content (AvgIpc) is 3.56. The Morgan fingerprint density at radius 2 is 1.78 bits per heavy atom. The van der Waals surface area contributed by atoms with Crippen LogP contribution in [0.2, 0.25) is 0 Å². The molecule has 4 aromatic rings. The highest BCUT2D eigenvalue weighted by Gasteiger charge is 2.13. The Hall–Kier alpha value is -4.33. The minimum absolute atomic E-state index is 0.195. The fourth-order valence-electron chi connectivity index (χ4n) is 3.39. The van der Waals surface area contributed by atoms with Crippen molar-refractivity contribution in [3.63, 3.8) is 0 Å². The average molecular weight is 489 g/mol. The van der Waals surface area contributed by atoms with Crippen molar-refractivity contribution in [1.29, 1.82) is 0 Å². The maximum Gasteiger partial charge on any atom is 0.306 e. The third kappa shape index (κ3) is 6.85. The predicted molar refractivity (Wildman–Crippen MR) is 133 cm³/mol. The molecule has 186 valence electrons. The summed E-state index contributed by atoms with van der Waals surface area (Å²) in [4.78, 5) is 21.8. The summed E-state index contributed by atoms with van der Waals surface area (Å²) in [7, 11) is 0. The summed E-state index contributed by atoms with van der Waals surface area (Å²) >= 11 is 0. The van der Waals surface area contributed by atoms with Gasteiger partial charge in [-0.2, -0.15) is 0 Å². The van der Waals surface area contributed by atoms with Gasteiger partial charge in [0, 0.05) is 12.0 Å². The first-order valence-corrected chi connectivity index (χ1v) is 11.7. The van der Waals surface area contributed by atoms with Crippen molar-refractivity contribution in [2.24, 2.45) is 5.16 Å². The molecule has 0 aliphatic heterocycles. The molecular formula is C28H28N2O6. The minimum Gasteiger partial charge on any atom is -0.487 e. The first kappa shape index (κ1) is 24.8. The van der Waals surface area contributed by atoms with Gasteiger partial charge in [-0.15, -0.1) is 0 Å². The Balaban J connectivity index is 1.30. The smallest absolute Gasteiger partial charge is 0.306 e. The summed E-state index contributed by atoms with van der Waals surface area (Å²) in [6, 6.07) is 20.8. The van der Waals surface area contributed by atoms with Gasteiger partial charge in [0.2, 0.25) is 5.89 Å². The monoisotopic (exact) mass is 488 g/mol. The van der Waals surface area contributed by atoms with E-state index in [0.717, 1.165) is 22.6 Å². The van der Waals surface area contributed by atoms with Crippen LogP contribution in [-0.4, -0.2) is 23.3 Å². The number of nitrogens with zero attached hydrogens (tertiary/aromatic N) is 2. The number of furan rings is 1. The van der Waals surface area contributed by atoms with Gasteiger partial charge in [-0.3, -0.25) is 4.79 Å². The van der Waals surface area contributed by atoms with Gasteiger partial charge < -0.3 is 23.1 Å². The van der Waals surface area contributed by atoms with Gasteiger partial charge in [0.1, 0.15) is 36.1 Å². The van der Waals surface area contributed by atoms with Crippen molar-refractivity contribution < 1.29 is 27.9 Å². The van der Waals surface area contributed by atoms with Crippen molar-refractivity contribution in [3.05, 3.63) is 95.8 Å². The van der Waals surface area contributed by atoms with Crippen molar-refractivity contribution in [3.8, 4) is 17.2 Å². The number of carbonyl (C=O) groups excluding carboxylic acids is 1. The Bertz CT molecular complexity index is 1260. The Morgan fingerprint density at radius 1 is 0.972 bits per heavy atom. The van der Waals surface area contributed by atoms with Crippen LogP contribution >= 0.6 is 0 Å². The summed E-state index contributed by atoms with van der Waals surface area (Å²) < 4.78 is 22.1. The molecule has 2 heterocycles. The third-order valence-corrected chi connectivity index (χ3v) is 5.30. The maximum atomic E-state index is 11.7. The molecule has 0 saturated carbocycles. The summed E-state index contributed by atoms with van der Waals surface area (Å²) in [5.74, 6) is 2.28. The second kappa shape index (κ2) is 12.4. The lowest BCUT2D eigenvalue weighted by Crippen LogP contribution is -2.09. The van der Waals surface area contributed by atoms with Crippen LogP contribution in [-0.2, 0) is 27.6 Å². The van der Waals surface area contributed by atoms with Gasteiger partial charge in [0.05, 0.1) is 19.3 Å². The van der Waals surface area contributed by atoms with E-state index in [0.29, 0.717) is 42.7 Å². The Morgan fingerprint density at radius 3 is 2.50 bits per heavy atom. The molecule has 2 aromatic carbocycles. The summed E-state index contributed by atoms with van der Waals surface area (Å²) in [6.07, 6.45) is 2.10. The lowest BCUT2D eigenvalue weighted by atomic mass is 10.2. The number of benzene rings is 2. The molecule has 0 unspecified atom stereocenters. The molecule has 0 aliphatic rings. The van der Waals surface area contributed by atoms with Crippen LogP contribution in [0.25, 0.3) is 11.5 Å². The third-order valence-electron chi connectivity index (χ3n) is 5.30. The number of rotatable bonds is 12. The molecule has 8 nitrogen and oxygen atoms in total. The molecule has 0 bridgehead atoms. The van der Waals surface area contributed by atoms with E-state index in [2.05, 4.69) is 10.1 Å². The van der Waals surface area contributed by atoms with Crippen LogP contribution < -0.4 is 4.74 Å². The number of oxime groups is 1. The van der Waals surface area contributed by atoms with Gasteiger partial charge in [-0.05, 0) is 55.8 Å². The highest BCUT2D eigenvalue weighted by molar-refractivity contribution is 5.99. The van der Waals surface area contributed by atoms with Gasteiger partial charge in [-0.25, -0.2) is 4.98 Å². The number of aromatic nitrogens is 1. The lowest BCUT2D eigenvalue weighted by Gasteiger charge is -2.07. The van der Waals surface area contributed by atoms with Gasteiger partial charge in [0.15, 0.2) is 5.76 Å². The zero-order valence-electron chi connectivity index (χ0n) is 20.3. The number of oxazole rings is 1. The quantitative estimate of drug-likeness (QED) is 0.135. The van der Waals surface area contributed by atoms with E-state index in [-0.39, 0.29) is 19.0 Å². The largest absolute Gasteiger partial charge is 0.487 e. The van der Waals surface area contributed by atoms with E-state index in [1.165, 1.54) is 0 Å². The molecule has 4 rings (SSSR count). The van der Waals surface area contributed by atoms with Gasteiger partial charge in [0.25, 0.3) is 0 Å². The molecule has 0 aliphatic carbocycles. The number of esters is 1. The summed E-state index contributed by atoms with van der Waals surface area (Å²) in [5, 5.41) is 4.19. The molecule has 0 amide bonds. The van der Waals surface area contributed by atoms with Gasteiger partial charge >= 0.3 is 5.97 Å². The number of carbonyl (C=O) groups is 1. The van der Waals surface area contributed by atoms with Crippen LogP contribution in [0.4, 0.5) is 0 Å². The normalized spacial score (nSPS) is 11.3. The molecule has 2 aromatic heterocycles. The zero-order valence-corrected chi connectivity index (χ0v) is 20.3. The lowest BCUT2D eigenvalue weighted by molar-refractivity contribution is -0.142. The van der Waals surface area contributed by atoms with E-state index >= 15 is 0 Å². The number of aryl methyl sites for hydroxylation is 1. The molecular weight excluding hydrogens is 460 g/mol. The maximum absolute atomic E-state index is 11.7. The predicted octanol–water partition coefficient (Wildman–Crippen LogP) is 6.09. The van der Waals surface area contributed by atoms with E-state index in [1.54, 1.807) is 25.3 Å². The number of hydrogen-bond acceptors (Lipinski definition) is 8. The first-order valence-electron chi connectivity index (χ1n) is 11.7. The minimum atomic E-state index is -0.288. The summed E-state index contributed by atoms with van der Waals surface area (Å²) in [5.41, 5.74) is 3.14. The van der Waals surface area contributed by atoms with Crippen molar-refractivity contribution in [2.45, 2.75) is 39.9 Å². The van der Waals surface area contributed by atoms with Crippen molar-refractivity contribution in [2.75, 3.05) is 6.61 Å². The SMILES string of the molecule is CCOC(=O)CC/C(=N/OCc1ccc(OCc2nc(-c3ccccc3)oc2C)cc1)c1ccco1. The molecule has 0 atom stereocenters. The first-order chi connectivity index (χ1) is 17.6. The fraction of sp³-hybridized carbons (Fsp3) is 0.250. The van der Waals surface area contributed by atoms with Crippen LogP contribution in [0, 0.1) is 6.92 Å². The van der Waals surface area contributed by atoms with Crippen LogP contribution in [0.5, 0.6) is 5.75 Å². The Labute approximate surface area is 209 Å². The molecule has 0 radical (unpaired) electrons. The highest BCUT2D eigenvalue weighted by atomic mass is 16.6. The fourth-order valence-corrected chi connectivity index (χ4v) is 3.39. The highest BCUT2D eigenvalue weighted by Crippen LogP contribution is 2.23. The topological polar surface area (TPSA) is 96.3 Å².